The molecule has 0 aliphatic heterocycles. The third kappa shape index (κ3) is 5.46. The first-order valence-electron chi connectivity index (χ1n) is 7.80. The summed E-state index contributed by atoms with van der Waals surface area (Å²) in [5.41, 5.74) is 1.92. The number of hydrogen-bond acceptors (Lipinski definition) is 4. The maximum atomic E-state index is 12.2. The molecule has 0 spiro atoms. The lowest BCUT2D eigenvalue weighted by Gasteiger charge is -2.18. The first-order chi connectivity index (χ1) is 12.0. The monoisotopic (exact) mass is 340 g/mol. The maximum absolute atomic E-state index is 12.2. The number of ether oxygens (including phenoxy) is 1. The van der Waals surface area contributed by atoms with E-state index in [0.717, 1.165) is 5.56 Å². The van der Waals surface area contributed by atoms with Gasteiger partial charge in [-0.3, -0.25) is 9.59 Å². The number of carbonyl (C=O) groups excluding carboxylic acids is 3. The lowest BCUT2D eigenvalue weighted by molar-refractivity contribution is -0.141. The van der Waals surface area contributed by atoms with Crippen molar-refractivity contribution in [1.82, 2.24) is 5.32 Å². The van der Waals surface area contributed by atoms with Crippen LogP contribution >= 0.6 is 0 Å². The van der Waals surface area contributed by atoms with Crippen molar-refractivity contribution in [2.75, 3.05) is 12.4 Å². The third-order valence-corrected chi connectivity index (χ3v) is 3.66. The van der Waals surface area contributed by atoms with Crippen LogP contribution in [0.25, 0.3) is 0 Å². The number of esters is 1. The largest absolute Gasteiger partial charge is 0.469 e. The number of nitrogens with one attached hydrogen (secondary N) is 2. The van der Waals surface area contributed by atoms with E-state index in [1.807, 2.05) is 30.3 Å². The third-order valence-electron chi connectivity index (χ3n) is 3.66. The molecule has 0 saturated carbocycles. The van der Waals surface area contributed by atoms with Gasteiger partial charge in [0, 0.05) is 11.3 Å². The molecule has 0 saturated heterocycles. The predicted molar refractivity (Wildman–Crippen MR) is 94.4 cm³/mol. The number of methoxy groups -OCH3 is 1. The molecule has 0 fully saturated rings. The Balaban J connectivity index is 2.05. The molecule has 6 heteroatoms. The molecular weight excluding hydrogens is 320 g/mol. The van der Waals surface area contributed by atoms with Crippen molar-refractivity contribution < 1.29 is 19.1 Å². The fourth-order valence-electron chi connectivity index (χ4n) is 2.30. The summed E-state index contributed by atoms with van der Waals surface area (Å²) in [5, 5.41) is 5.45. The van der Waals surface area contributed by atoms with Crippen molar-refractivity contribution in [3.05, 3.63) is 65.7 Å². The van der Waals surface area contributed by atoms with Crippen LogP contribution in [0.5, 0.6) is 0 Å². The summed E-state index contributed by atoms with van der Waals surface area (Å²) in [5.74, 6) is -0.460. The molecule has 0 heterocycles. The zero-order valence-corrected chi connectivity index (χ0v) is 14.1. The minimum absolute atomic E-state index is 0.0250. The summed E-state index contributed by atoms with van der Waals surface area (Å²) in [4.78, 5) is 35.1. The Kier molecular flexibility index (Phi) is 6.28. The minimum Gasteiger partial charge on any atom is -0.469 e. The van der Waals surface area contributed by atoms with E-state index in [2.05, 4.69) is 10.6 Å². The molecule has 25 heavy (non-hydrogen) atoms. The van der Waals surface area contributed by atoms with Gasteiger partial charge in [0.05, 0.1) is 19.6 Å². The van der Waals surface area contributed by atoms with Crippen molar-refractivity contribution >= 4 is 23.5 Å². The summed E-state index contributed by atoms with van der Waals surface area (Å²) >= 11 is 0. The molecular formula is C19H20N2O4. The molecule has 0 aliphatic rings. The average Bonchev–Trinajstić information content (AvgIpc) is 2.62. The summed E-state index contributed by atoms with van der Waals surface area (Å²) < 4.78 is 4.70. The number of benzene rings is 2. The van der Waals surface area contributed by atoms with Crippen LogP contribution < -0.4 is 10.6 Å². The van der Waals surface area contributed by atoms with Crippen molar-refractivity contribution in [2.24, 2.45) is 0 Å². The number of hydrogen-bond donors (Lipinski definition) is 2. The quantitative estimate of drug-likeness (QED) is 0.624. The molecule has 2 N–H and O–H groups in total. The van der Waals surface area contributed by atoms with Crippen LogP contribution in [-0.4, -0.2) is 24.9 Å². The van der Waals surface area contributed by atoms with Crippen LogP contribution in [0.2, 0.25) is 0 Å². The van der Waals surface area contributed by atoms with Gasteiger partial charge in [-0.05, 0) is 36.8 Å². The standard InChI is InChI=1S/C19H20N2O4/c1-13(22)14-8-10-16(11-9-14)20-19(24)21-17(12-18(23)25-2)15-6-4-3-5-7-15/h3-11,17H,12H2,1-2H3,(H2,20,21,24). The van der Waals surface area contributed by atoms with Crippen LogP contribution in [0.4, 0.5) is 10.5 Å². The van der Waals surface area contributed by atoms with E-state index >= 15 is 0 Å². The highest BCUT2D eigenvalue weighted by Crippen LogP contribution is 2.18. The summed E-state index contributed by atoms with van der Waals surface area (Å²) in [6.45, 7) is 1.48. The smallest absolute Gasteiger partial charge is 0.319 e. The zero-order valence-electron chi connectivity index (χ0n) is 14.1. The molecule has 1 atom stereocenters. The second-order valence-corrected chi connectivity index (χ2v) is 5.48. The van der Waals surface area contributed by atoms with E-state index in [9.17, 15) is 14.4 Å². The highest BCUT2D eigenvalue weighted by molar-refractivity contribution is 5.95. The molecule has 0 bridgehead atoms. The summed E-state index contributed by atoms with van der Waals surface area (Å²) in [7, 11) is 1.31. The van der Waals surface area contributed by atoms with Gasteiger partial charge in [-0.25, -0.2) is 4.79 Å². The number of rotatable bonds is 6. The second-order valence-electron chi connectivity index (χ2n) is 5.48. The molecule has 0 aromatic heterocycles. The molecule has 0 aliphatic carbocycles. The van der Waals surface area contributed by atoms with Gasteiger partial charge >= 0.3 is 12.0 Å². The molecule has 2 rings (SSSR count). The molecule has 130 valence electrons. The second kappa shape index (κ2) is 8.63. The Bertz CT molecular complexity index is 742. The number of urea groups is 1. The maximum Gasteiger partial charge on any atom is 0.319 e. The van der Waals surface area contributed by atoms with Gasteiger partial charge in [0.25, 0.3) is 0 Å². The normalized spacial score (nSPS) is 11.3. The van der Waals surface area contributed by atoms with Crippen molar-refractivity contribution in [2.45, 2.75) is 19.4 Å². The first-order valence-corrected chi connectivity index (χ1v) is 7.80. The van der Waals surface area contributed by atoms with Crippen LogP contribution in [0.3, 0.4) is 0 Å². The number of amides is 2. The SMILES string of the molecule is COC(=O)CC(NC(=O)Nc1ccc(C(C)=O)cc1)c1ccccc1. The number of ketones is 1. The summed E-state index contributed by atoms with van der Waals surface area (Å²) in [6, 6.07) is 14.8. The molecule has 2 amide bonds. The Morgan fingerprint density at radius 1 is 1.00 bits per heavy atom. The highest BCUT2D eigenvalue weighted by atomic mass is 16.5. The van der Waals surface area contributed by atoms with Gasteiger partial charge in [0.2, 0.25) is 0 Å². The van der Waals surface area contributed by atoms with Gasteiger partial charge in [-0.2, -0.15) is 0 Å². The van der Waals surface area contributed by atoms with Crippen molar-refractivity contribution in [1.29, 1.82) is 0 Å². The van der Waals surface area contributed by atoms with Crippen LogP contribution in [0.15, 0.2) is 54.6 Å². The highest BCUT2D eigenvalue weighted by Gasteiger charge is 2.18. The molecule has 0 radical (unpaired) electrons. The predicted octanol–water partition coefficient (Wildman–Crippen LogP) is 3.32. The Morgan fingerprint density at radius 3 is 2.20 bits per heavy atom. The van der Waals surface area contributed by atoms with E-state index < -0.39 is 18.0 Å². The van der Waals surface area contributed by atoms with Crippen molar-refractivity contribution in [3.8, 4) is 0 Å². The van der Waals surface area contributed by atoms with Crippen LogP contribution in [0, 0.1) is 0 Å². The van der Waals surface area contributed by atoms with Gasteiger partial charge < -0.3 is 15.4 Å². The lowest BCUT2D eigenvalue weighted by atomic mass is 10.0. The number of carbonyl (C=O) groups is 3. The van der Waals surface area contributed by atoms with Gasteiger partial charge in [0.1, 0.15) is 0 Å². The number of anilines is 1. The fourth-order valence-corrected chi connectivity index (χ4v) is 2.30. The topological polar surface area (TPSA) is 84.5 Å². The Hall–Kier alpha value is -3.15. The summed E-state index contributed by atoms with van der Waals surface area (Å²) in [6.07, 6.45) is 0.0250. The average molecular weight is 340 g/mol. The van der Waals surface area contributed by atoms with Crippen LogP contribution in [-0.2, 0) is 9.53 Å². The van der Waals surface area contributed by atoms with E-state index in [0.29, 0.717) is 11.3 Å². The lowest BCUT2D eigenvalue weighted by Crippen LogP contribution is -2.34. The van der Waals surface area contributed by atoms with Crippen LogP contribution in [0.1, 0.15) is 35.3 Å². The fraction of sp³-hybridized carbons (Fsp3) is 0.211. The molecule has 2 aromatic carbocycles. The molecule has 6 nitrogen and oxygen atoms in total. The van der Waals surface area contributed by atoms with E-state index in [4.69, 9.17) is 4.74 Å². The Morgan fingerprint density at radius 2 is 1.64 bits per heavy atom. The van der Waals surface area contributed by atoms with E-state index in [1.54, 1.807) is 24.3 Å². The van der Waals surface area contributed by atoms with E-state index in [1.165, 1.54) is 14.0 Å². The van der Waals surface area contributed by atoms with Gasteiger partial charge in [-0.15, -0.1) is 0 Å². The first kappa shape index (κ1) is 18.2. The molecule has 2 aromatic rings. The molecule has 1 unspecified atom stereocenters. The van der Waals surface area contributed by atoms with Crippen molar-refractivity contribution in [3.63, 3.8) is 0 Å². The minimum atomic E-state index is -0.509. The zero-order chi connectivity index (χ0) is 18.2. The van der Waals surface area contributed by atoms with Gasteiger partial charge in [0.15, 0.2) is 5.78 Å². The number of Topliss-reactive ketones (excluding diaryl/α,β-unsaturated/α-hetero) is 1. The van der Waals surface area contributed by atoms with Gasteiger partial charge in [-0.1, -0.05) is 30.3 Å². The Labute approximate surface area is 146 Å². The van der Waals surface area contributed by atoms with E-state index in [-0.39, 0.29) is 12.2 Å².